The van der Waals surface area contributed by atoms with Gasteiger partial charge in [0, 0.05) is 10.0 Å². The summed E-state index contributed by atoms with van der Waals surface area (Å²) in [5.74, 6) is -0.881. The van der Waals surface area contributed by atoms with Crippen LogP contribution in [0.2, 0.25) is 0 Å². The number of aryl methyl sites for hydroxylation is 1. The van der Waals surface area contributed by atoms with E-state index in [-0.39, 0.29) is 13.0 Å². The number of rotatable bonds is 6. The second kappa shape index (κ2) is 8.35. The van der Waals surface area contributed by atoms with Gasteiger partial charge < -0.3 is 4.74 Å². The Morgan fingerprint density at radius 3 is 2.57 bits per heavy atom. The van der Waals surface area contributed by atoms with Crippen LogP contribution < -0.4 is 4.72 Å². The van der Waals surface area contributed by atoms with Gasteiger partial charge in [0.1, 0.15) is 5.82 Å². The molecule has 0 aromatic heterocycles. The number of hydrogen-bond donors (Lipinski definition) is 1. The third-order valence-electron chi connectivity index (χ3n) is 3.10. The molecular formula is C16H23BrFNO3S. The molecule has 2 atom stereocenters. The topological polar surface area (TPSA) is 55.4 Å². The van der Waals surface area contributed by atoms with Crippen molar-refractivity contribution in [1.82, 2.24) is 4.72 Å². The molecule has 1 aromatic carbocycles. The zero-order chi connectivity index (χ0) is 17.8. The van der Waals surface area contributed by atoms with Gasteiger partial charge in [-0.2, -0.15) is 0 Å². The molecule has 0 saturated carbocycles. The first-order chi connectivity index (χ1) is 10.6. The van der Waals surface area contributed by atoms with E-state index in [0.717, 1.165) is 0 Å². The fourth-order valence-electron chi connectivity index (χ4n) is 1.91. The lowest BCUT2D eigenvalue weighted by molar-refractivity contribution is -0.143. The molecule has 23 heavy (non-hydrogen) atoms. The Morgan fingerprint density at radius 2 is 2.04 bits per heavy atom. The Bertz CT molecular complexity index is 602. The van der Waals surface area contributed by atoms with Crippen LogP contribution in [0.15, 0.2) is 16.6 Å². The smallest absolute Gasteiger partial charge is 0.307 e. The SMILES string of the molecule is CCOC(=O)CC(N[S@](=O)C(C)(C)C)c1cc(Br)cc(C)c1F. The molecular weight excluding hydrogens is 385 g/mol. The van der Waals surface area contributed by atoms with Crippen molar-refractivity contribution in [2.24, 2.45) is 0 Å². The molecule has 0 aliphatic rings. The summed E-state index contributed by atoms with van der Waals surface area (Å²) in [6, 6.07) is 2.52. The summed E-state index contributed by atoms with van der Waals surface area (Å²) in [4.78, 5) is 11.8. The molecule has 1 N–H and O–H groups in total. The summed E-state index contributed by atoms with van der Waals surface area (Å²) < 4.78 is 34.9. The van der Waals surface area contributed by atoms with Crippen molar-refractivity contribution in [2.75, 3.05) is 6.61 Å². The highest BCUT2D eigenvalue weighted by Gasteiger charge is 2.28. The third-order valence-corrected chi connectivity index (χ3v) is 5.17. The molecule has 0 heterocycles. The largest absolute Gasteiger partial charge is 0.466 e. The molecule has 4 nitrogen and oxygen atoms in total. The van der Waals surface area contributed by atoms with E-state index in [1.807, 2.05) is 0 Å². The van der Waals surface area contributed by atoms with Crippen molar-refractivity contribution in [2.45, 2.75) is 51.8 Å². The van der Waals surface area contributed by atoms with Gasteiger partial charge in [0.25, 0.3) is 0 Å². The Labute approximate surface area is 147 Å². The lowest BCUT2D eigenvalue weighted by Gasteiger charge is -2.25. The summed E-state index contributed by atoms with van der Waals surface area (Å²) in [5.41, 5.74) is 0.745. The average Bonchev–Trinajstić information content (AvgIpc) is 2.41. The normalized spacial score (nSPS) is 14.4. The summed E-state index contributed by atoms with van der Waals surface area (Å²) >= 11 is 3.33. The maximum Gasteiger partial charge on any atom is 0.307 e. The van der Waals surface area contributed by atoms with E-state index in [4.69, 9.17) is 4.74 Å². The number of halogens is 2. The molecule has 0 aliphatic heterocycles. The van der Waals surface area contributed by atoms with Crippen LogP contribution in [0.1, 0.15) is 51.3 Å². The highest BCUT2D eigenvalue weighted by molar-refractivity contribution is 9.10. The van der Waals surface area contributed by atoms with Gasteiger partial charge >= 0.3 is 5.97 Å². The van der Waals surface area contributed by atoms with Crippen molar-refractivity contribution in [1.29, 1.82) is 0 Å². The van der Waals surface area contributed by atoms with E-state index in [9.17, 15) is 13.4 Å². The number of benzene rings is 1. The minimum absolute atomic E-state index is 0.0948. The zero-order valence-electron chi connectivity index (χ0n) is 14.0. The number of hydrogen-bond acceptors (Lipinski definition) is 3. The summed E-state index contributed by atoms with van der Waals surface area (Å²) in [6.45, 7) is 9.01. The first-order valence-electron chi connectivity index (χ1n) is 7.35. The number of esters is 1. The third kappa shape index (κ3) is 5.97. The van der Waals surface area contributed by atoms with E-state index in [1.54, 1.807) is 46.8 Å². The minimum Gasteiger partial charge on any atom is -0.466 e. The van der Waals surface area contributed by atoms with Crippen molar-refractivity contribution >= 4 is 32.9 Å². The van der Waals surface area contributed by atoms with Crippen LogP contribution in [-0.4, -0.2) is 21.5 Å². The van der Waals surface area contributed by atoms with E-state index in [0.29, 0.717) is 15.6 Å². The monoisotopic (exact) mass is 407 g/mol. The van der Waals surface area contributed by atoms with Gasteiger partial charge in [-0.05, 0) is 52.3 Å². The molecule has 0 spiro atoms. The van der Waals surface area contributed by atoms with E-state index in [2.05, 4.69) is 20.7 Å². The van der Waals surface area contributed by atoms with Gasteiger partial charge in [0.15, 0.2) is 0 Å². The predicted octanol–water partition coefficient (Wildman–Crippen LogP) is 3.94. The second-order valence-electron chi connectivity index (χ2n) is 6.19. The van der Waals surface area contributed by atoms with Crippen LogP contribution in [-0.2, 0) is 20.5 Å². The van der Waals surface area contributed by atoms with E-state index < -0.39 is 33.6 Å². The van der Waals surface area contributed by atoms with E-state index >= 15 is 0 Å². The van der Waals surface area contributed by atoms with Gasteiger partial charge in [0.2, 0.25) is 0 Å². The molecule has 0 bridgehead atoms. The Balaban J connectivity index is 3.18. The minimum atomic E-state index is -1.45. The van der Waals surface area contributed by atoms with Gasteiger partial charge in [-0.15, -0.1) is 0 Å². The average molecular weight is 408 g/mol. The lowest BCUT2D eigenvalue weighted by Crippen LogP contribution is -2.37. The highest BCUT2D eigenvalue weighted by Crippen LogP contribution is 2.28. The summed E-state index contributed by atoms with van der Waals surface area (Å²) in [7, 11) is -1.45. The summed E-state index contributed by atoms with van der Waals surface area (Å²) in [6.07, 6.45) is -0.0948. The highest BCUT2D eigenvalue weighted by atomic mass is 79.9. The quantitative estimate of drug-likeness (QED) is 0.726. The standard InChI is InChI=1S/C16H23BrFNO3S/c1-6-22-14(20)9-13(19-23(21)16(3,4)5)12-8-11(17)7-10(2)15(12)18/h7-8,13,19H,6,9H2,1-5H3/t13?,23-/m1/s1. The first kappa shape index (κ1) is 20.3. The zero-order valence-corrected chi connectivity index (χ0v) is 16.4. The molecule has 0 radical (unpaired) electrons. The van der Waals surface area contributed by atoms with Crippen LogP contribution in [0.3, 0.4) is 0 Å². The number of carbonyl (C=O) groups excluding carboxylic acids is 1. The van der Waals surface area contributed by atoms with Crippen molar-refractivity contribution in [3.63, 3.8) is 0 Å². The fraction of sp³-hybridized carbons (Fsp3) is 0.562. The van der Waals surface area contributed by atoms with Crippen LogP contribution >= 0.6 is 15.9 Å². The van der Waals surface area contributed by atoms with Crippen LogP contribution in [0.4, 0.5) is 4.39 Å². The van der Waals surface area contributed by atoms with Crippen LogP contribution in [0.5, 0.6) is 0 Å². The maximum absolute atomic E-state index is 14.5. The van der Waals surface area contributed by atoms with Gasteiger partial charge in [-0.1, -0.05) is 15.9 Å². The van der Waals surface area contributed by atoms with Gasteiger partial charge in [0.05, 0.1) is 34.8 Å². The molecule has 1 rings (SSSR count). The second-order valence-corrected chi connectivity index (χ2v) is 9.10. The molecule has 1 aromatic rings. The fourth-order valence-corrected chi connectivity index (χ4v) is 3.32. The number of carbonyl (C=O) groups is 1. The number of nitrogens with one attached hydrogen (secondary N) is 1. The summed E-state index contributed by atoms with van der Waals surface area (Å²) in [5, 5.41) is 0. The van der Waals surface area contributed by atoms with E-state index in [1.165, 1.54) is 0 Å². The molecule has 0 fully saturated rings. The Hall–Kier alpha value is -0.790. The Morgan fingerprint density at radius 1 is 1.43 bits per heavy atom. The lowest BCUT2D eigenvalue weighted by atomic mass is 10.0. The molecule has 7 heteroatoms. The van der Waals surface area contributed by atoms with Gasteiger partial charge in [-0.3, -0.25) is 4.79 Å². The first-order valence-corrected chi connectivity index (χ1v) is 9.29. The van der Waals surface area contributed by atoms with Crippen molar-refractivity contribution in [3.05, 3.63) is 33.5 Å². The Kier molecular flexibility index (Phi) is 7.35. The molecule has 0 saturated heterocycles. The molecule has 0 amide bonds. The number of ether oxygens (including phenoxy) is 1. The maximum atomic E-state index is 14.5. The molecule has 0 aliphatic carbocycles. The van der Waals surface area contributed by atoms with Crippen molar-refractivity contribution < 1.29 is 18.1 Å². The van der Waals surface area contributed by atoms with Crippen LogP contribution in [0.25, 0.3) is 0 Å². The molecule has 130 valence electrons. The predicted molar refractivity (Wildman–Crippen MR) is 93.9 cm³/mol. The van der Waals surface area contributed by atoms with Gasteiger partial charge in [-0.25, -0.2) is 13.3 Å². The molecule has 1 unspecified atom stereocenters. The van der Waals surface area contributed by atoms with Crippen LogP contribution in [0, 0.1) is 12.7 Å². The van der Waals surface area contributed by atoms with Crippen molar-refractivity contribution in [3.8, 4) is 0 Å².